The summed E-state index contributed by atoms with van der Waals surface area (Å²) in [5.41, 5.74) is 1.25. The highest BCUT2D eigenvalue weighted by Gasteiger charge is 2.30. The molecule has 1 N–H and O–H groups in total. The first-order valence-electron chi connectivity index (χ1n) is 10.1. The number of rotatable bonds is 3. The first kappa shape index (κ1) is 24.9. The molecule has 34 heavy (non-hydrogen) atoms. The second-order valence-corrected chi connectivity index (χ2v) is 7.77. The number of nitrogens with zero attached hydrogens (tertiary/aromatic N) is 4. The van der Waals surface area contributed by atoms with E-state index in [0.717, 1.165) is 16.8 Å². The lowest BCUT2D eigenvalue weighted by Crippen LogP contribution is -2.26. The van der Waals surface area contributed by atoms with Gasteiger partial charge in [0.2, 0.25) is 0 Å². The monoisotopic (exact) mass is 489 g/mol. The van der Waals surface area contributed by atoms with Gasteiger partial charge in [0.1, 0.15) is 19.1 Å². The standard InChI is InChI=1S/C12H9ClF3N3O.C12H14N2/c1-17-9-6-18-19(11(20)10(9)13)8-4-2-3-7(5-8)12(14,15)16;1-13-7-3-11(4-8-13)12-5-9-14(2)10-6-12/h2-6,17H,1H3;3-10H,1-2H3/q;+2. The normalized spacial score (nSPS) is 10.9. The summed E-state index contributed by atoms with van der Waals surface area (Å²) in [6.45, 7) is 0. The van der Waals surface area contributed by atoms with Crippen molar-refractivity contribution in [3.63, 3.8) is 0 Å². The maximum absolute atomic E-state index is 12.6. The van der Waals surface area contributed by atoms with E-state index in [-0.39, 0.29) is 10.7 Å². The molecule has 0 saturated heterocycles. The summed E-state index contributed by atoms with van der Waals surface area (Å²) in [4.78, 5) is 12.0. The summed E-state index contributed by atoms with van der Waals surface area (Å²) in [7, 11) is 5.60. The van der Waals surface area contributed by atoms with Crippen molar-refractivity contribution in [2.75, 3.05) is 12.4 Å². The smallest absolute Gasteiger partial charge is 0.385 e. The lowest BCUT2D eigenvalue weighted by molar-refractivity contribution is -0.671. The highest BCUT2D eigenvalue weighted by atomic mass is 35.5. The van der Waals surface area contributed by atoms with Gasteiger partial charge in [-0.15, -0.1) is 0 Å². The zero-order valence-corrected chi connectivity index (χ0v) is 19.5. The molecule has 0 atom stereocenters. The van der Waals surface area contributed by atoms with Crippen LogP contribution in [0.2, 0.25) is 5.02 Å². The largest absolute Gasteiger partial charge is 0.416 e. The zero-order chi connectivity index (χ0) is 24.9. The SMILES string of the molecule is CNc1cnn(-c2cccc(C(F)(F)F)c2)c(=O)c1Cl.C[n+]1ccc(-c2cc[n+](C)cc2)cc1. The Morgan fingerprint density at radius 3 is 1.94 bits per heavy atom. The van der Waals surface area contributed by atoms with Gasteiger partial charge >= 0.3 is 6.18 Å². The van der Waals surface area contributed by atoms with Gasteiger partial charge in [0.25, 0.3) is 5.56 Å². The van der Waals surface area contributed by atoms with Gasteiger partial charge in [0.05, 0.1) is 23.1 Å². The number of nitrogens with one attached hydrogen (secondary N) is 1. The predicted octanol–water partition coefficient (Wildman–Crippen LogP) is 3.95. The van der Waals surface area contributed by atoms with Crippen LogP contribution < -0.4 is 20.0 Å². The maximum atomic E-state index is 12.6. The molecule has 0 aliphatic heterocycles. The molecule has 0 fully saturated rings. The minimum absolute atomic E-state index is 0.00521. The zero-order valence-electron chi connectivity index (χ0n) is 18.7. The van der Waals surface area contributed by atoms with Crippen LogP contribution in [0.25, 0.3) is 16.8 Å². The highest BCUT2D eigenvalue weighted by molar-refractivity contribution is 6.32. The third-order valence-electron chi connectivity index (χ3n) is 4.90. The number of alkyl halides is 3. The number of aryl methyl sites for hydroxylation is 2. The second kappa shape index (κ2) is 10.5. The number of benzene rings is 1. The lowest BCUT2D eigenvalue weighted by Gasteiger charge is -2.10. The van der Waals surface area contributed by atoms with Crippen LogP contribution >= 0.6 is 11.6 Å². The Labute approximate surface area is 199 Å². The molecule has 6 nitrogen and oxygen atoms in total. The quantitative estimate of drug-likeness (QED) is 0.443. The van der Waals surface area contributed by atoms with Gasteiger partial charge < -0.3 is 5.32 Å². The summed E-state index contributed by atoms with van der Waals surface area (Å²) in [6.07, 6.45) is 5.01. The molecule has 0 aliphatic carbocycles. The molecule has 0 aliphatic rings. The summed E-state index contributed by atoms with van der Waals surface area (Å²) < 4.78 is 42.8. The van der Waals surface area contributed by atoms with Crippen LogP contribution in [-0.2, 0) is 20.3 Å². The van der Waals surface area contributed by atoms with Crippen molar-refractivity contribution in [1.82, 2.24) is 9.78 Å². The molecule has 3 heterocycles. The van der Waals surface area contributed by atoms with Crippen molar-refractivity contribution in [3.05, 3.63) is 100 Å². The Hall–Kier alpha value is -3.72. The molecule has 4 aromatic rings. The molecular formula is C24H23ClF3N5O+2. The van der Waals surface area contributed by atoms with Crippen LogP contribution in [0.5, 0.6) is 0 Å². The van der Waals surface area contributed by atoms with Crippen molar-refractivity contribution in [3.8, 4) is 16.8 Å². The number of hydrogen-bond acceptors (Lipinski definition) is 3. The number of pyridine rings is 2. The minimum atomic E-state index is -4.49. The maximum Gasteiger partial charge on any atom is 0.416 e. The first-order chi connectivity index (χ1) is 16.1. The van der Waals surface area contributed by atoms with E-state index in [1.165, 1.54) is 29.5 Å². The average molecular weight is 490 g/mol. The van der Waals surface area contributed by atoms with Crippen LogP contribution in [0, 0.1) is 0 Å². The Morgan fingerprint density at radius 1 is 0.941 bits per heavy atom. The van der Waals surface area contributed by atoms with Gasteiger partial charge in [-0.05, 0) is 29.3 Å². The summed E-state index contributed by atoms with van der Waals surface area (Å²) in [5, 5.41) is 6.32. The fourth-order valence-electron chi connectivity index (χ4n) is 2.99. The van der Waals surface area contributed by atoms with Gasteiger partial charge in [-0.1, -0.05) is 17.7 Å². The molecule has 3 aromatic heterocycles. The van der Waals surface area contributed by atoms with Crippen molar-refractivity contribution in [2.45, 2.75) is 6.18 Å². The topological polar surface area (TPSA) is 54.7 Å². The lowest BCUT2D eigenvalue weighted by atomic mass is 10.1. The average Bonchev–Trinajstić information content (AvgIpc) is 2.82. The molecule has 0 saturated carbocycles. The number of hydrogen-bond donors (Lipinski definition) is 1. The van der Waals surface area contributed by atoms with Crippen molar-refractivity contribution >= 4 is 17.3 Å². The fraction of sp³-hybridized carbons (Fsp3) is 0.167. The third kappa shape index (κ3) is 5.99. The van der Waals surface area contributed by atoms with Gasteiger partial charge in [-0.3, -0.25) is 4.79 Å². The number of anilines is 1. The Bertz CT molecular complexity index is 1280. The van der Waals surface area contributed by atoms with Crippen LogP contribution in [0.1, 0.15) is 5.56 Å². The summed E-state index contributed by atoms with van der Waals surface area (Å²) in [6, 6.07) is 12.8. The van der Waals surface area contributed by atoms with Crippen LogP contribution in [0.15, 0.2) is 84.3 Å². The van der Waals surface area contributed by atoms with Gasteiger partial charge in [-0.2, -0.15) is 23.0 Å². The molecule has 1 aromatic carbocycles. The highest BCUT2D eigenvalue weighted by Crippen LogP contribution is 2.30. The summed E-state index contributed by atoms with van der Waals surface area (Å²) >= 11 is 5.82. The molecule has 0 spiro atoms. The van der Waals surface area contributed by atoms with Gasteiger partial charge in [0.15, 0.2) is 24.8 Å². The van der Waals surface area contributed by atoms with E-state index in [2.05, 4.69) is 59.5 Å². The van der Waals surface area contributed by atoms with Crippen LogP contribution in [0.4, 0.5) is 18.9 Å². The Kier molecular flexibility index (Phi) is 7.68. The molecule has 0 unspecified atom stereocenters. The Balaban J connectivity index is 0.000000202. The number of halogens is 4. The van der Waals surface area contributed by atoms with Crippen LogP contribution in [0.3, 0.4) is 0 Å². The van der Waals surface area contributed by atoms with Crippen molar-refractivity contribution in [2.24, 2.45) is 14.1 Å². The van der Waals surface area contributed by atoms with Gasteiger partial charge in [0, 0.05) is 31.3 Å². The van der Waals surface area contributed by atoms with Gasteiger partial charge in [-0.25, -0.2) is 9.13 Å². The van der Waals surface area contributed by atoms with E-state index in [0.29, 0.717) is 5.69 Å². The first-order valence-corrected chi connectivity index (χ1v) is 10.5. The molecule has 176 valence electrons. The number of aromatic nitrogens is 4. The summed E-state index contributed by atoms with van der Waals surface area (Å²) in [5.74, 6) is 0. The van der Waals surface area contributed by atoms with E-state index in [1.807, 2.05) is 23.2 Å². The third-order valence-corrected chi connectivity index (χ3v) is 5.26. The van der Waals surface area contributed by atoms with E-state index in [4.69, 9.17) is 11.6 Å². The molecule has 0 radical (unpaired) electrons. The molecule has 0 bridgehead atoms. The predicted molar refractivity (Wildman–Crippen MR) is 124 cm³/mol. The molecule has 0 amide bonds. The van der Waals surface area contributed by atoms with Crippen molar-refractivity contribution in [1.29, 1.82) is 0 Å². The van der Waals surface area contributed by atoms with Crippen LogP contribution in [-0.4, -0.2) is 16.8 Å². The van der Waals surface area contributed by atoms with E-state index >= 15 is 0 Å². The van der Waals surface area contributed by atoms with E-state index < -0.39 is 17.3 Å². The van der Waals surface area contributed by atoms with E-state index in [1.54, 1.807) is 7.05 Å². The fourth-order valence-corrected chi connectivity index (χ4v) is 3.22. The second-order valence-electron chi connectivity index (χ2n) is 7.39. The Morgan fingerprint density at radius 2 is 1.47 bits per heavy atom. The van der Waals surface area contributed by atoms with E-state index in [9.17, 15) is 18.0 Å². The molecule has 4 rings (SSSR count). The van der Waals surface area contributed by atoms with Crippen molar-refractivity contribution < 1.29 is 22.3 Å². The minimum Gasteiger partial charge on any atom is -0.385 e. The molecule has 10 heteroatoms. The molecular weight excluding hydrogens is 467 g/mol.